The summed E-state index contributed by atoms with van der Waals surface area (Å²) in [5, 5.41) is 13.0. The van der Waals surface area contributed by atoms with Crippen LogP contribution in [0.15, 0.2) is 0 Å². The lowest BCUT2D eigenvalue weighted by molar-refractivity contribution is 0.0801. The molecule has 0 radical (unpaired) electrons. The SMILES string of the molecule is OC1CCN(CC[C@H]2CCCCN2)CC1. The van der Waals surface area contributed by atoms with Gasteiger partial charge in [0.15, 0.2) is 0 Å². The molecule has 2 aliphatic heterocycles. The lowest BCUT2D eigenvalue weighted by atomic mass is 10.0. The Morgan fingerprint density at radius 1 is 1.13 bits per heavy atom. The van der Waals surface area contributed by atoms with Crippen molar-refractivity contribution in [1.82, 2.24) is 10.2 Å². The number of aliphatic hydroxyl groups excluding tert-OH is 1. The third-order valence-electron chi connectivity index (χ3n) is 3.76. The van der Waals surface area contributed by atoms with Crippen molar-refractivity contribution in [1.29, 1.82) is 0 Å². The Morgan fingerprint density at radius 3 is 2.60 bits per heavy atom. The second-order valence-corrected chi connectivity index (χ2v) is 5.01. The molecule has 1 atom stereocenters. The molecule has 3 heteroatoms. The molecule has 2 saturated heterocycles. The minimum Gasteiger partial charge on any atom is -0.393 e. The van der Waals surface area contributed by atoms with Crippen LogP contribution in [0.1, 0.15) is 38.5 Å². The molecule has 15 heavy (non-hydrogen) atoms. The van der Waals surface area contributed by atoms with Gasteiger partial charge < -0.3 is 15.3 Å². The van der Waals surface area contributed by atoms with Gasteiger partial charge in [-0.15, -0.1) is 0 Å². The third kappa shape index (κ3) is 3.74. The summed E-state index contributed by atoms with van der Waals surface area (Å²) in [7, 11) is 0. The van der Waals surface area contributed by atoms with Crippen molar-refractivity contribution in [3.8, 4) is 0 Å². The van der Waals surface area contributed by atoms with Crippen LogP contribution in [0.4, 0.5) is 0 Å². The zero-order chi connectivity index (χ0) is 10.5. The Hall–Kier alpha value is -0.120. The second kappa shape index (κ2) is 5.83. The standard InChI is InChI=1S/C12H24N2O/c15-12-5-9-14(10-6-12)8-4-11-3-1-2-7-13-11/h11-13,15H,1-10H2/t11-/m1/s1. The van der Waals surface area contributed by atoms with Gasteiger partial charge in [0.05, 0.1) is 6.10 Å². The van der Waals surface area contributed by atoms with Crippen molar-refractivity contribution in [3.63, 3.8) is 0 Å². The van der Waals surface area contributed by atoms with Crippen LogP contribution < -0.4 is 5.32 Å². The van der Waals surface area contributed by atoms with E-state index >= 15 is 0 Å². The number of hydrogen-bond acceptors (Lipinski definition) is 3. The number of nitrogens with zero attached hydrogens (tertiary/aromatic N) is 1. The molecule has 0 aromatic rings. The van der Waals surface area contributed by atoms with Gasteiger partial charge in [0.1, 0.15) is 0 Å². The Labute approximate surface area is 92.8 Å². The Kier molecular flexibility index (Phi) is 4.42. The van der Waals surface area contributed by atoms with Crippen LogP contribution in [-0.2, 0) is 0 Å². The van der Waals surface area contributed by atoms with Crippen molar-refractivity contribution in [2.75, 3.05) is 26.2 Å². The van der Waals surface area contributed by atoms with Crippen LogP contribution >= 0.6 is 0 Å². The van der Waals surface area contributed by atoms with E-state index in [9.17, 15) is 5.11 Å². The van der Waals surface area contributed by atoms with Crippen LogP contribution in [-0.4, -0.2) is 48.3 Å². The Morgan fingerprint density at radius 2 is 1.93 bits per heavy atom. The zero-order valence-electron chi connectivity index (χ0n) is 9.62. The fourth-order valence-electron chi connectivity index (χ4n) is 2.65. The summed E-state index contributed by atoms with van der Waals surface area (Å²) in [6.45, 7) is 4.61. The van der Waals surface area contributed by atoms with Gasteiger partial charge in [-0.25, -0.2) is 0 Å². The average molecular weight is 212 g/mol. The number of piperidine rings is 2. The van der Waals surface area contributed by atoms with Crippen molar-refractivity contribution in [2.24, 2.45) is 0 Å². The maximum atomic E-state index is 9.40. The predicted molar refractivity (Wildman–Crippen MR) is 61.9 cm³/mol. The molecule has 2 heterocycles. The van der Waals surface area contributed by atoms with Crippen LogP contribution in [0, 0.1) is 0 Å². The number of rotatable bonds is 3. The summed E-state index contributed by atoms with van der Waals surface area (Å²) in [5.41, 5.74) is 0. The molecule has 2 fully saturated rings. The largest absolute Gasteiger partial charge is 0.393 e. The fraction of sp³-hybridized carbons (Fsp3) is 1.00. The average Bonchev–Trinajstić information content (AvgIpc) is 2.30. The molecule has 0 aromatic carbocycles. The van der Waals surface area contributed by atoms with E-state index in [1.807, 2.05) is 0 Å². The first-order chi connectivity index (χ1) is 7.34. The van der Waals surface area contributed by atoms with Crippen LogP contribution in [0.2, 0.25) is 0 Å². The summed E-state index contributed by atoms with van der Waals surface area (Å²) in [5.74, 6) is 0. The van der Waals surface area contributed by atoms with Crippen molar-refractivity contribution >= 4 is 0 Å². The minimum atomic E-state index is -0.0333. The van der Waals surface area contributed by atoms with E-state index in [4.69, 9.17) is 0 Å². The number of likely N-dealkylation sites (tertiary alicyclic amines) is 1. The molecule has 0 spiro atoms. The normalized spacial score (nSPS) is 30.6. The molecule has 0 saturated carbocycles. The highest BCUT2D eigenvalue weighted by Gasteiger charge is 2.18. The minimum absolute atomic E-state index is 0.0333. The monoisotopic (exact) mass is 212 g/mol. The summed E-state index contributed by atoms with van der Waals surface area (Å²) in [4.78, 5) is 2.50. The molecule has 88 valence electrons. The number of aliphatic hydroxyl groups is 1. The first-order valence-electron chi connectivity index (χ1n) is 6.48. The van der Waals surface area contributed by atoms with E-state index in [0.717, 1.165) is 32.0 Å². The smallest absolute Gasteiger partial charge is 0.0564 e. The quantitative estimate of drug-likeness (QED) is 0.732. The fourth-order valence-corrected chi connectivity index (χ4v) is 2.65. The highest BCUT2D eigenvalue weighted by atomic mass is 16.3. The molecule has 0 bridgehead atoms. The van der Waals surface area contributed by atoms with Gasteiger partial charge in [0.2, 0.25) is 0 Å². The highest BCUT2D eigenvalue weighted by Crippen LogP contribution is 2.14. The van der Waals surface area contributed by atoms with E-state index in [2.05, 4.69) is 10.2 Å². The molecule has 2 rings (SSSR count). The van der Waals surface area contributed by atoms with Gasteiger partial charge >= 0.3 is 0 Å². The van der Waals surface area contributed by atoms with E-state index in [-0.39, 0.29) is 6.10 Å². The lowest BCUT2D eigenvalue weighted by Gasteiger charge is -2.31. The molecular weight excluding hydrogens is 188 g/mol. The predicted octanol–water partition coefficient (Wildman–Crippen LogP) is 0.975. The van der Waals surface area contributed by atoms with E-state index in [0.29, 0.717) is 0 Å². The summed E-state index contributed by atoms with van der Waals surface area (Å²) < 4.78 is 0. The summed E-state index contributed by atoms with van der Waals surface area (Å²) >= 11 is 0. The molecule has 0 aromatic heterocycles. The topological polar surface area (TPSA) is 35.5 Å². The first kappa shape index (κ1) is 11.4. The molecule has 0 aliphatic carbocycles. The van der Waals surface area contributed by atoms with Gasteiger partial charge in [-0.3, -0.25) is 0 Å². The van der Waals surface area contributed by atoms with Gasteiger partial charge in [-0.05, 0) is 45.2 Å². The van der Waals surface area contributed by atoms with Crippen molar-refractivity contribution < 1.29 is 5.11 Å². The molecule has 3 nitrogen and oxygen atoms in total. The molecule has 0 amide bonds. The number of hydrogen-bond donors (Lipinski definition) is 2. The van der Waals surface area contributed by atoms with Gasteiger partial charge in [0, 0.05) is 19.1 Å². The van der Waals surface area contributed by atoms with Crippen LogP contribution in [0.5, 0.6) is 0 Å². The molecule has 0 unspecified atom stereocenters. The van der Waals surface area contributed by atoms with Crippen LogP contribution in [0.3, 0.4) is 0 Å². The molecule has 2 aliphatic rings. The summed E-state index contributed by atoms with van der Waals surface area (Å²) in [6, 6.07) is 0.755. The Balaban J connectivity index is 1.60. The lowest BCUT2D eigenvalue weighted by Crippen LogP contribution is -2.40. The van der Waals surface area contributed by atoms with Crippen molar-refractivity contribution in [3.05, 3.63) is 0 Å². The van der Waals surface area contributed by atoms with Gasteiger partial charge in [0.25, 0.3) is 0 Å². The molecular formula is C12H24N2O. The van der Waals surface area contributed by atoms with Gasteiger partial charge in [-0.1, -0.05) is 6.42 Å². The maximum absolute atomic E-state index is 9.40. The van der Waals surface area contributed by atoms with Crippen LogP contribution in [0.25, 0.3) is 0 Å². The third-order valence-corrected chi connectivity index (χ3v) is 3.76. The van der Waals surface area contributed by atoms with Gasteiger partial charge in [-0.2, -0.15) is 0 Å². The zero-order valence-corrected chi connectivity index (χ0v) is 9.62. The Bertz CT molecular complexity index is 172. The summed E-state index contributed by atoms with van der Waals surface area (Å²) in [6.07, 6.45) is 7.31. The first-order valence-corrected chi connectivity index (χ1v) is 6.48. The van der Waals surface area contributed by atoms with E-state index in [1.165, 1.54) is 38.8 Å². The van der Waals surface area contributed by atoms with Crippen molar-refractivity contribution in [2.45, 2.75) is 50.7 Å². The second-order valence-electron chi connectivity index (χ2n) is 5.01. The maximum Gasteiger partial charge on any atom is 0.0564 e. The van der Waals surface area contributed by atoms with E-state index in [1.54, 1.807) is 0 Å². The number of nitrogens with one attached hydrogen (secondary N) is 1. The van der Waals surface area contributed by atoms with E-state index < -0.39 is 0 Å². The highest BCUT2D eigenvalue weighted by molar-refractivity contribution is 4.76. The molecule has 2 N–H and O–H groups in total.